The lowest BCUT2D eigenvalue weighted by atomic mass is 10.0. The first-order valence-electron chi connectivity index (χ1n) is 4.92. The van der Waals surface area contributed by atoms with Crippen LogP contribution in [0.4, 0.5) is 0 Å². The topological polar surface area (TPSA) is 34.9 Å². The Morgan fingerprint density at radius 1 is 1.40 bits per heavy atom. The molecule has 15 heavy (non-hydrogen) atoms. The number of hydrogen-bond acceptors (Lipinski definition) is 2. The minimum Gasteiger partial charge on any atom is -0.298 e. The van der Waals surface area contributed by atoms with Crippen molar-refractivity contribution in [3.63, 3.8) is 0 Å². The molecule has 0 aliphatic rings. The fourth-order valence-electron chi connectivity index (χ4n) is 1.54. The van der Waals surface area contributed by atoms with Gasteiger partial charge in [-0.05, 0) is 12.5 Å². The molecule has 3 nitrogen and oxygen atoms in total. The smallest absolute Gasteiger partial charge is 0.150 e. The fourth-order valence-corrected chi connectivity index (χ4v) is 1.54. The third-order valence-electron chi connectivity index (χ3n) is 2.36. The van der Waals surface area contributed by atoms with Crippen molar-refractivity contribution in [2.24, 2.45) is 0 Å². The highest BCUT2D eigenvalue weighted by Crippen LogP contribution is 2.21. The van der Waals surface area contributed by atoms with Crippen molar-refractivity contribution >= 4 is 6.29 Å². The van der Waals surface area contributed by atoms with Crippen LogP contribution in [0.3, 0.4) is 0 Å². The van der Waals surface area contributed by atoms with E-state index in [1.807, 2.05) is 42.1 Å². The van der Waals surface area contributed by atoms with Crippen LogP contribution in [0.15, 0.2) is 36.7 Å². The first-order chi connectivity index (χ1) is 7.35. The standard InChI is InChI=1S/C12H12N2O/c1-2-14-8-11(7-13-14)12-6-4-3-5-10(12)9-15/h3-9H,2H2,1H3. The Kier molecular flexibility index (Phi) is 2.63. The summed E-state index contributed by atoms with van der Waals surface area (Å²) in [4.78, 5) is 10.8. The summed E-state index contributed by atoms with van der Waals surface area (Å²) in [5.41, 5.74) is 2.62. The van der Waals surface area contributed by atoms with E-state index < -0.39 is 0 Å². The van der Waals surface area contributed by atoms with E-state index in [2.05, 4.69) is 5.10 Å². The quantitative estimate of drug-likeness (QED) is 0.713. The monoisotopic (exact) mass is 200 g/mol. The van der Waals surface area contributed by atoms with Crippen LogP contribution in [-0.2, 0) is 6.54 Å². The van der Waals surface area contributed by atoms with Crippen LogP contribution < -0.4 is 0 Å². The molecule has 0 spiro atoms. The van der Waals surface area contributed by atoms with Crippen molar-refractivity contribution < 1.29 is 4.79 Å². The van der Waals surface area contributed by atoms with Crippen molar-refractivity contribution in [3.05, 3.63) is 42.2 Å². The molecule has 0 fully saturated rings. The minimum atomic E-state index is 0.702. The summed E-state index contributed by atoms with van der Waals surface area (Å²) in [6.45, 7) is 2.87. The predicted octanol–water partition coefficient (Wildman–Crippen LogP) is 2.38. The number of carbonyl (C=O) groups excluding carboxylic acids is 1. The van der Waals surface area contributed by atoms with Crippen LogP contribution >= 0.6 is 0 Å². The van der Waals surface area contributed by atoms with Crippen molar-refractivity contribution in [3.8, 4) is 11.1 Å². The third-order valence-corrected chi connectivity index (χ3v) is 2.36. The Hall–Kier alpha value is -1.90. The maximum absolute atomic E-state index is 10.8. The summed E-state index contributed by atoms with van der Waals surface area (Å²) in [5, 5.41) is 4.19. The zero-order valence-electron chi connectivity index (χ0n) is 8.55. The lowest BCUT2D eigenvalue weighted by molar-refractivity contribution is 0.112. The van der Waals surface area contributed by atoms with Crippen molar-refractivity contribution in [1.82, 2.24) is 9.78 Å². The summed E-state index contributed by atoms with van der Waals surface area (Å²) < 4.78 is 1.84. The van der Waals surface area contributed by atoms with E-state index >= 15 is 0 Å². The summed E-state index contributed by atoms with van der Waals surface area (Å²) in [7, 11) is 0. The number of benzene rings is 1. The van der Waals surface area contributed by atoms with E-state index in [0.717, 1.165) is 24.0 Å². The lowest BCUT2D eigenvalue weighted by Gasteiger charge is -2.00. The SMILES string of the molecule is CCn1cc(-c2ccccc2C=O)cn1. The van der Waals surface area contributed by atoms with Gasteiger partial charge in [0.1, 0.15) is 0 Å². The fraction of sp³-hybridized carbons (Fsp3) is 0.167. The second-order valence-corrected chi connectivity index (χ2v) is 3.29. The predicted molar refractivity (Wildman–Crippen MR) is 58.7 cm³/mol. The lowest BCUT2D eigenvalue weighted by Crippen LogP contribution is -1.92. The minimum absolute atomic E-state index is 0.702. The van der Waals surface area contributed by atoms with E-state index in [4.69, 9.17) is 0 Å². The zero-order chi connectivity index (χ0) is 10.7. The molecule has 0 aliphatic carbocycles. The van der Waals surface area contributed by atoms with Gasteiger partial charge in [0.25, 0.3) is 0 Å². The summed E-state index contributed by atoms with van der Waals surface area (Å²) in [5.74, 6) is 0. The molecule has 1 aromatic heterocycles. The van der Waals surface area contributed by atoms with Gasteiger partial charge in [0.15, 0.2) is 6.29 Å². The first kappa shape index (κ1) is 9.65. The number of aryl methyl sites for hydroxylation is 1. The number of rotatable bonds is 3. The molecule has 1 aromatic carbocycles. The Morgan fingerprint density at radius 2 is 2.20 bits per heavy atom. The average Bonchev–Trinajstić information content (AvgIpc) is 2.77. The third kappa shape index (κ3) is 1.81. The van der Waals surface area contributed by atoms with Gasteiger partial charge in [0.05, 0.1) is 6.20 Å². The maximum atomic E-state index is 10.8. The van der Waals surface area contributed by atoms with Crippen LogP contribution in [-0.4, -0.2) is 16.1 Å². The molecule has 0 saturated carbocycles. The number of aromatic nitrogens is 2. The van der Waals surface area contributed by atoms with Crippen LogP contribution in [0, 0.1) is 0 Å². The maximum Gasteiger partial charge on any atom is 0.150 e. The second-order valence-electron chi connectivity index (χ2n) is 3.29. The molecule has 2 rings (SSSR count). The van der Waals surface area contributed by atoms with Crippen molar-refractivity contribution in [1.29, 1.82) is 0 Å². The Morgan fingerprint density at radius 3 is 2.87 bits per heavy atom. The van der Waals surface area contributed by atoms with Crippen molar-refractivity contribution in [2.75, 3.05) is 0 Å². The van der Waals surface area contributed by atoms with Gasteiger partial charge in [-0.15, -0.1) is 0 Å². The molecule has 0 aliphatic heterocycles. The Balaban J connectivity index is 2.48. The molecule has 0 radical (unpaired) electrons. The van der Waals surface area contributed by atoms with Crippen LogP contribution in [0.5, 0.6) is 0 Å². The van der Waals surface area contributed by atoms with Gasteiger partial charge < -0.3 is 0 Å². The van der Waals surface area contributed by atoms with Gasteiger partial charge in [-0.2, -0.15) is 5.10 Å². The van der Waals surface area contributed by atoms with Crippen LogP contribution in [0.25, 0.3) is 11.1 Å². The van der Waals surface area contributed by atoms with Gasteiger partial charge in [-0.25, -0.2) is 0 Å². The molecule has 0 N–H and O–H groups in total. The van der Waals surface area contributed by atoms with E-state index in [-0.39, 0.29) is 0 Å². The molecule has 2 aromatic rings. The van der Waals surface area contributed by atoms with Gasteiger partial charge in [0, 0.05) is 23.9 Å². The molecule has 3 heteroatoms. The van der Waals surface area contributed by atoms with Gasteiger partial charge in [-0.3, -0.25) is 9.48 Å². The van der Waals surface area contributed by atoms with Crippen LogP contribution in [0.2, 0.25) is 0 Å². The summed E-state index contributed by atoms with van der Waals surface area (Å²) in [6, 6.07) is 7.52. The van der Waals surface area contributed by atoms with E-state index in [1.54, 1.807) is 6.20 Å². The number of carbonyl (C=O) groups is 1. The van der Waals surface area contributed by atoms with Gasteiger partial charge in [-0.1, -0.05) is 24.3 Å². The molecule has 0 unspecified atom stereocenters. The normalized spacial score (nSPS) is 10.2. The van der Waals surface area contributed by atoms with E-state index in [1.165, 1.54) is 0 Å². The molecule has 76 valence electrons. The average molecular weight is 200 g/mol. The van der Waals surface area contributed by atoms with Crippen molar-refractivity contribution in [2.45, 2.75) is 13.5 Å². The molecule has 0 bridgehead atoms. The number of hydrogen-bond donors (Lipinski definition) is 0. The zero-order valence-corrected chi connectivity index (χ0v) is 8.55. The first-order valence-corrected chi connectivity index (χ1v) is 4.92. The molecule has 0 saturated heterocycles. The molecular formula is C12H12N2O. The van der Waals surface area contributed by atoms with E-state index in [9.17, 15) is 4.79 Å². The summed E-state index contributed by atoms with van der Waals surface area (Å²) >= 11 is 0. The highest BCUT2D eigenvalue weighted by atomic mass is 16.1. The molecule has 0 atom stereocenters. The van der Waals surface area contributed by atoms with Crippen LogP contribution in [0.1, 0.15) is 17.3 Å². The van der Waals surface area contributed by atoms with Gasteiger partial charge in [0.2, 0.25) is 0 Å². The summed E-state index contributed by atoms with van der Waals surface area (Å²) in [6.07, 6.45) is 4.60. The van der Waals surface area contributed by atoms with E-state index in [0.29, 0.717) is 5.56 Å². The second kappa shape index (κ2) is 4.09. The Labute approximate surface area is 88.4 Å². The number of nitrogens with zero attached hydrogens (tertiary/aromatic N) is 2. The number of aldehydes is 1. The largest absolute Gasteiger partial charge is 0.298 e. The molecular weight excluding hydrogens is 188 g/mol. The molecule has 1 heterocycles. The molecule has 0 amide bonds. The Bertz CT molecular complexity index is 474. The highest BCUT2D eigenvalue weighted by molar-refractivity contribution is 5.87. The highest BCUT2D eigenvalue weighted by Gasteiger charge is 2.05. The van der Waals surface area contributed by atoms with Gasteiger partial charge >= 0.3 is 0 Å².